The molecule has 8 aromatic rings. The third-order valence-electron chi connectivity index (χ3n) is 12.4. The topological polar surface area (TPSA) is 15.7 Å². The van der Waals surface area contributed by atoms with Crippen LogP contribution < -0.4 is 14.5 Å². The zero-order chi connectivity index (χ0) is 37.1. The second-order valence-electron chi connectivity index (χ2n) is 16.1. The fourth-order valence-corrected chi connectivity index (χ4v) is 9.69. The summed E-state index contributed by atoms with van der Waals surface area (Å²) in [5, 5.41) is 2.36. The Bertz CT molecular complexity index is 2870. The van der Waals surface area contributed by atoms with E-state index in [2.05, 4.69) is 207 Å². The molecule has 2 heterocycles. The molecule has 0 amide bonds. The summed E-state index contributed by atoms with van der Waals surface area (Å²) in [7, 11) is 0. The molecule has 0 bridgehead atoms. The first-order valence-corrected chi connectivity index (χ1v) is 19.3. The molecule has 1 aliphatic carbocycles. The summed E-state index contributed by atoms with van der Waals surface area (Å²) >= 11 is 0. The van der Waals surface area contributed by atoms with Crippen molar-refractivity contribution < 1.29 is 4.74 Å². The van der Waals surface area contributed by atoms with E-state index in [4.69, 9.17) is 4.74 Å². The van der Waals surface area contributed by atoms with Crippen LogP contribution in [0.3, 0.4) is 0 Å². The maximum atomic E-state index is 7.34. The quantitative estimate of drug-likeness (QED) is 0.181. The molecular formula is C52H40N2O. The van der Waals surface area contributed by atoms with Gasteiger partial charge in [-0.15, -0.1) is 0 Å². The van der Waals surface area contributed by atoms with Crippen molar-refractivity contribution >= 4 is 44.9 Å². The number of para-hydroxylation sites is 2. The molecule has 8 aromatic carbocycles. The lowest BCUT2D eigenvalue weighted by Crippen LogP contribution is -2.33. The van der Waals surface area contributed by atoms with Crippen LogP contribution in [0.25, 0.3) is 33.0 Å². The van der Waals surface area contributed by atoms with E-state index in [0.717, 1.165) is 51.1 Å². The van der Waals surface area contributed by atoms with Gasteiger partial charge in [-0.3, -0.25) is 0 Å². The summed E-state index contributed by atoms with van der Waals surface area (Å²) in [5.74, 6) is 1.70. The van der Waals surface area contributed by atoms with Crippen molar-refractivity contribution in [3.63, 3.8) is 0 Å². The predicted octanol–water partition coefficient (Wildman–Crippen LogP) is 14.5. The Morgan fingerprint density at radius 2 is 1.15 bits per heavy atom. The number of rotatable bonds is 4. The minimum absolute atomic E-state index is 0.155. The molecule has 11 rings (SSSR count). The maximum absolute atomic E-state index is 7.34. The van der Waals surface area contributed by atoms with Crippen LogP contribution in [0.1, 0.15) is 49.9 Å². The summed E-state index contributed by atoms with van der Waals surface area (Å²) in [6.07, 6.45) is 0. The summed E-state index contributed by atoms with van der Waals surface area (Å²) in [6.45, 7) is 9.40. The molecular weight excluding hydrogens is 669 g/mol. The molecule has 0 atom stereocenters. The van der Waals surface area contributed by atoms with E-state index in [9.17, 15) is 0 Å². The highest BCUT2D eigenvalue weighted by Gasteiger charge is 2.44. The first-order valence-electron chi connectivity index (χ1n) is 19.3. The van der Waals surface area contributed by atoms with E-state index in [0.29, 0.717) is 0 Å². The van der Waals surface area contributed by atoms with Crippen LogP contribution in [-0.4, -0.2) is 0 Å². The van der Waals surface area contributed by atoms with E-state index < -0.39 is 0 Å². The monoisotopic (exact) mass is 708 g/mol. The molecule has 264 valence electrons. The summed E-state index contributed by atoms with van der Waals surface area (Å²) in [4.78, 5) is 4.93. The number of hydrogen-bond acceptors (Lipinski definition) is 3. The van der Waals surface area contributed by atoms with Gasteiger partial charge in [-0.1, -0.05) is 161 Å². The van der Waals surface area contributed by atoms with Gasteiger partial charge >= 0.3 is 0 Å². The first kappa shape index (κ1) is 31.9. The average Bonchev–Trinajstić information content (AvgIpc) is 3.45. The number of hydrogen-bond donors (Lipinski definition) is 0. The lowest BCUT2D eigenvalue weighted by molar-refractivity contribution is 0.473. The van der Waals surface area contributed by atoms with Crippen molar-refractivity contribution in [2.75, 3.05) is 9.80 Å². The molecule has 3 aliphatic rings. The maximum Gasteiger partial charge on any atom is 0.175 e. The average molecular weight is 709 g/mol. The molecule has 2 aliphatic heterocycles. The summed E-state index contributed by atoms with van der Waals surface area (Å²) in [5.41, 5.74) is 16.3. The van der Waals surface area contributed by atoms with Gasteiger partial charge in [-0.25, -0.2) is 0 Å². The Morgan fingerprint density at radius 3 is 2.00 bits per heavy atom. The molecule has 0 radical (unpaired) electrons. The third kappa shape index (κ3) is 4.44. The van der Waals surface area contributed by atoms with Crippen LogP contribution in [0.2, 0.25) is 0 Å². The molecule has 0 saturated heterocycles. The molecule has 3 nitrogen and oxygen atoms in total. The van der Waals surface area contributed by atoms with Crippen molar-refractivity contribution in [3.05, 3.63) is 192 Å². The van der Waals surface area contributed by atoms with Crippen LogP contribution in [0.4, 0.5) is 34.1 Å². The van der Waals surface area contributed by atoms with E-state index in [1.165, 1.54) is 49.8 Å². The molecule has 0 spiro atoms. The van der Waals surface area contributed by atoms with Crippen LogP contribution in [0.15, 0.2) is 170 Å². The van der Waals surface area contributed by atoms with Crippen molar-refractivity contribution in [2.24, 2.45) is 0 Å². The van der Waals surface area contributed by atoms with Gasteiger partial charge in [0, 0.05) is 27.5 Å². The van der Waals surface area contributed by atoms with Crippen LogP contribution in [0.5, 0.6) is 11.5 Å². The van der Waals surface area contributed by atoms with Crippen LogP contribution >= 0.6 is 0 Å². The van der Waals surface area contributed by atoms with Crippen molar-refractivity contribution in [1.29, 1.82) is 0 Å². The van der Waals surface area contributed by atoms with E-state index in [-0.39, 0.29) is 10.8 Å². The standard InChI is InChI=1S/C52H40N2O/c1-51(2)40-22-12-10-21-38(40)39-28-27-35(32-43(39)51)53(44-24-14-11-19-36(44)33-16-6-5-7-17-33)46-30-29-42-49-50(46)55-47-31-26-34-18-8-9-20-37(34)48(47)54(49)45-25-15-13-23-41(45)52(42,3)4/h5-32H,1-4H3. The molecule has 0 aromatic heterocycles. The van der Waals surface area contributed by atoms with Crippen molar-refractivity contribution in [2.45, 2.75) is 38.5 Å². The lowest BCUT2D eigenvalue weighted by atomic mass is 9.73. The van der Waals surface area contributed by atoms with Gasteiger partial charge in [0.1, 0.15) is 0 Å². The van der Waals surface area contributed by atoms with Gasteiger partial charge in [0.05, 0.1) is 28.4 Å². The Kier molecular flexibility index (Phi) is 6.65. The fraction of sp³-hybridized carbons (Fsp3) is 0.115. The number of anilines is 6. The first-order chi connectivity index (χ1) is 26.8. The van der Waals surface area contributed by atoms with Gasteiger partial charge in [-0.2, -0.15) is 0 Å². The number of nitrogens with zero attached hydrogens (tertiary/aromatic N) is 2. The summed E-state index contributed by atoms with van der Waals surface area (Å²) < 4.78 is 7.34. The predicted molar refractivity (Wildman–Crippen MR) is 229 cm³/mol. The number of ether oxygens (including phenoxy) is 1. The minimum atomic E-state index is -0.267. The molecule has 0 saturated carbocycles. The Balaban J connectivity index is 1.22. The minimum Gasteiger partial charge on any atom is -0.451 e. The highest BCUT2D eigenvalue weighted by Crippen LogP contribution is 2.64. The number of fused-ring (bicyclic) bond motifs is 9. The normalized spacial score (nSPS) is 14.9. The SMILES string of the molecule is CC1(C)c2ccccc2-c2ccc(N(c3ccccc3-c3ccccc3)c3ccc4c5c3Oc3ccc6ccccc6c3N5c3ccccc3C4(C)C)cc21. The highest BCUT2D eigenvalue weighted by atomic mass is 16.5. The molecule has 0 N–H and O–H groups in total. The Labute approximate surface area is 322 Å². The Hall–Kier alpha value is -6.58. The van der Waals surface area contributed by atoms with Gasteiger partial charge in [0.25, 0.3) is 0 Å². The van der Waals surface area contributed by atoms with Gasteiger partial charge in [0.2, 0.25) is 0 Å². The van der Waals surface area contributed by atoms with Crippen LogP contribution in [0, 0.1) is 0 Å². The molecule has 0 fully saturated rings. The Morgan fingerprint density at radius 1 is 0.473 bits per heavy atom. The van der Waals surface area contributed by atoms with Gasteiger partial charge in [0.15, 0.2) is 11.5 Å². The molecule has 3 heteroatoms. The second-order valence-corrected chi connectivity index (χ2v) is 16.1. The third-order valence-corrected chi connectivity index (χ3v) is 12.4. The summed E-state index contributed by atoms with van der Waals surface area (Å²) in [6, 6.07) is 62.0. The molecule has 0 unspecified atom stereocenters. The second kappa shape index (κ2) is 11.5. The van der Waals surface area contributed by atoms with E-state index in [1.807, 2.05) is 0 Å². The number of benzene rings is 8. The van der Waals surface area contributed by atoms with Gasteiger partial charge in [-0.05, 0) is 80.7 Å². The zero-order valence-electron chi connectivity index (χ0n) is 31.5. The zero-order valence-corrected chi connectivity index (χ0v) is 31.5. The smallest absolute Gasteiger partial charge is 0.175 e. The highest BCUT2D eigenvalue weighted by molar-refractivity contribution is 6.08. The van der Waals surface area contributed by atoms with E-state index in [1.54, 1.807) is 0 Å². The van der Waals surface area contributed by atoms with Gasteiger partial charge < -0.3 is 14.5 Å². The van der Waals surface area contributed by atoms with E-state index >= 15 is 0 Å². The largest absolute Gasteiger partial charge is 0.451 e. The lowest BCUT2D eigenvalue weighted by Gasteiger charge is -2.46. The van der Waals surface area contributed by atoms with Crippen molar-refractivity contribution in [1.82, 2.24) is 0 Å². The van der Waals surface area contributed by atoms with Crippen LogP contribution in [-0.2, 0) is 10.8 Å². The fourth-order valence-electron chi connectivity index (χ4n) is 9.69. The van der Waals surface area contributed by atoms with Crippen molar-refractivity contribution in [3.8, 4) is 33.8 Å². The molecule has 55 heavy (non-hydrogen) atoms.